The first-order valence-corrected chi connectivity index (χ1v) is 9.65. The van der Waals surface area contributed by atoms with E-state index in [1.807, 2.05) is 6.92 Å². The molecule has 0 radical (unpaired) electrons. The monoisotopic (exact) mass is 414 g/mol. The molecule has 6 nitrogen and oxygen atoms in total. The van der Waals surface area contributed by atoms with Gasteiger partial charge < -0.3 is 10.1 Å². The van der Waals surface area contributed by atoms with Gasteiger partial charge in [0.15, 0.2) is 0 Å². The van der Waals surface area contributed by atoms with Gasteiger partial charge in [-0.1, -0.05) is 24.3 Å². The highest BCUT2D eigenvalue weighted by Gasteiger charge is 2.34. The Labute approximate surface area is 171 Å². The SMILES string of the molecule is COc1cc(C(=O)NCCN2C(=O)S/C(=C\c3ccccc3F)C2=O)ccc1C. The van der Waals surface area contributed by atoms with Crippen molar-refractivity contribution in [2.24, 2.45) is 0 Å². The molecule has 0 aromatic heterocycles. The van der Waals surface area contributed by atoms with Crippen molar-refractivity contribution in [2.75, 3.05) is 20.2 Å². The molecule has 0 aliphatic carbocycles. The lowest BCUT2D eigenvalue weighted by atomic mass is 10.1. The van der Waals surface area contributed by atoms with E-state index >= 15 is 0 Å². The zero-order valence-electron chi connectivity index (χ0n) is 15.9. The third kappa shape index (κ3) is 4.65. The molecule has 3 amide bonds. The lowest BCUT2D eigenvalue weighted by Gasteiger charge is -2.13. The van der Waals surface area contributed by atoms with E-state index in [2.05, 4.69) is 5.32 Å². The number of ether oxygens (including phenoxy) is 1. The smallest absolute Gasteiger partial charge is 0.293 e. The lowest BCUT2D eigenvalue weighted by Crippen LogP contribution is -2.37. The van der Waals surface area contributed by atoms with Crippen molar-refractivity contribution in [2.45, 2.75) is 6.92 Å². The standard InChI is InChI=1S/C21H19FN2O4S/c1-13-7-8-15(11-17(13)28-2)19(25)23-9-10-24-20(26)18(29-21(24)27)12-14-5-3-4-6-16(14)22/h3-8,11-12H,9-10H2,1-2H3,(H,23,25)/b18-12-. The van der Waals surface area contributed by atoms with Crippen LogP contribution in [0, 0.1) is 12.7 Å². The topological polar surface area (TPSA) is 75.7 Å². The van der Waals surface area contributed by atoms with Gasteiger partial charge in [-0.25, -0.2) is 4.39 Å². The Morgan fingerprint density at radius 1 is 1.24 bits per heavy atom. The molecule has 150 valence electrons. The molecule has 0 saturated carbocycles. The molecule has 0 spiro atoms. The quantitative estimate of drug-likeness (QED) is 0.731. The summed E-state index contributed by atoms with van der Waals surface area (Å²) >= 11 is 0.750. The van der Waals surface area contributed by atoms with Gasteiger partial charge in [0.05, 0.1) is 12.0 Å². The summed E-state index contributed by atoms with van der Waals surface area (Å²) in [6.07, 6.45) is 1.36. The predicted molar refractivity (Wildman–Crippen MR) is 109 cm³/mol. The Morgan fingerprint density at radius 3 is 2.72 bits per heavy atom. The summed E-state index contributed by atoms with van der Waals surface area (Å²) in [5.41, 5.74) is 1.56. The number of hydrogen-bond donors (Lipinski definition) is 1. The fourth-order valence-electron chi connectivity index (χ4n) is 2.77. The lowest BCUT2D eigenvalue weighted by molar-refractivity contribution is -0.122. The second-order valence-corrected chi connectivity index (χ2v) is 7.29. The largest absolute Gasteiger partial charge is 0.496 e. The Balaban J connectivity index is 1.61. The number of carbonyl (C=O) groups excluding carboxylic acids is 3. The maximum atomic E-state index is 13.8. The molecule has 0 atom stereocenters. The summed E-state index contributed by atoms with van der Waals surface area (Å²) in [6.45, 7) is 1.99. The number of amides is 3. The van der Waals surface area contributed by atoms with Crippen molar-refractivity contribution in [3.05, 3.63) is 69.9 Å². The number of halogens is 1. The first-order valence-electron chi connectivity index (χ1n) is 8.83. The molecule has 1 saturated heterocycles. The number of benzene rings is 2. The summed E-state index contributed by atoms with van der Waals surface area (Å²) in [7, 11) is 1.53. The van der Waals surface area contributed by atoms with Gasteiger partial charge in [0.2, 0.25) is 0 Å². The maximum Gasteiger partial charge on any atom is 0.293 e. The molecular formula is C21H19FN2O4S. The van der Waals surface area contributed by atoms with Crippen molar-refractivity contribution in [3.8, 4) is 5.75 Å². The Bertz CT molecular complexity index is 1010. The van der Waals surface area contributed by atoms with Gasteiger partial charge in [0.1, 0.15) is 11.6 Å². The van der Waals surface area contributed by atoms with Crippen LogP contribution in [0.3, 0.4) is 0 Å². The number of nitrogens with zero attached hydrogens (tertiary/aromatic N) is 1. The fourth-order valence-corrected chi connectivity index (χ4v) is 3.63. The Hall–Kier alpha value is -3.13. The first-order chi connectivity index (χ1) is 13.9. The fraction of sp³-hybridized carbons (Fsp3) is 0.190. The summed E-state index contributed by atoms with van der Waals surface area (Å²) in [4.78, 5) is 38.1. The number of carbonyl (C=O) groups is 3. The summed E-state index contributed by atoms with van der Waals surface area (Å²) < 4.78 is 19.0. The highest BCUT2D eigenvalue weighted by molar-refractivity contribution is 8.18. The molecule has 2 aromatic carbocycles. The summed E-state index contributed by atoms with van der Waals surface area (Å²) in [5, 5.41) is 2.23. The molecule has 1 heterocycles. The third-order valence-electron chi connectivity index (χ3n) is 4.36. The molecule has 1 fully saturated rings. The number of methoxy groups -OCH3 is 1. The van der Waals surface area contributed by atoms with E-state index in [0.717, 1.165) is 22.2 Å². The second kappa shape index (κ2) is 8.91. The molecule has 8 heteroatoms. The number of aryl methyl sites for hydroxylation is 1. The van der Waals surface area contributed by atoms with Gasteiger partial charge in [-0.2, -0.15) is 0 Å². The van der Waals surface area contributed by atoms with E-state index in [4.69, 9.17) is 4.74 Å². The van der Waals surface area contributed by atoms with Gasteiger partial charge in [0, 0.05) is 24.2 Å². The molecule has 1 N–H and O–H groups in total. The van der Waals surface area contributed by atoms with Crippen LogP contribution in [-0.4, -0.2) is 42.2 Å². The predicted octanol–water partition coefficient (Wildman–Crippen LogP) is 3.61. The molecule has 3 rings (SSSR count). The van der Waals surface area contributed by atoms with Crippen molar-refractivity contribution >= 4 is 34.9 Å². The van der Waals surface area contributed by atoms with Crippen LogP contribution in [0.5, 0.6) is 5.75 Å². The number of hydrogen-bond acceptors (Lipinski definition) is 5. The van der Waals surface area contributed by atoms with E-state index in [1.165, 1.54) is 25.3 Å². The van der Waals surface area contributed by atoms with E-state index in [1.54, 1.807) is 30.3 Å². The van der Waals surface area contributed by atoms with Crippen LogP contribution >= 0.6 is 11.8 Å². The molecule has 0 unspecified atom stereocenters. The van der Waals surface area contributed by atoms with Crippen molar-refractivity contribution in [1.82, 2.24) is 10.2 Å². The average molecular weight is 414 g/mol. The van der Waals surface area contributed by atoms with E-state index in [0.29, 0.717) is 11.3 Å². The van der Waals surface area contributed by atoms with Crippen LogP contribution in [0.1, 0.15) is 21.5 Å². The van der Waals surface area contributed by atoms with E-state index in [-0.39, 0.29) is 29.5 Å². The molecule has 0 bridgehead atoms. The third-order valence-corrected chi connectivity index (χ3v) is 5.26. The van der Waals surface area contributed by atoms with Gasteiger partial charge in [-0.3, -0.25) is 19.3 Å². The summed E-state index contributed by atoms with van der Waals surface area (Å²) in [6, 6.07) is 11.1. The van der Waals surface area contributed by atoms with Crippen LogP contribution in [0.15, 0.2) is 47.4 Å². The highest BCUT2D eigenvalue weighted by atomic mass is 32.2. The number of nitrogens with one attached hydrogen (secondary N) is 1. The van der Waals surface area contributed by atoms with Crippen LogP contribution < -0.4 is 10.1 Å². The minimum atomic E-state index is -0.505. The first kappa shape index (κ1) is 20.6. The average Bonchev–Trinajstić information content (AvgIpc) is 2.97. The number of imide groups is 1. The molecular weight excluding hydrogens is 395 g/mol. The van der Waals surface area contributed by atoms with Gasteiger partial charge >= 0.3 is 0 Å². The minimum Gasteiger partial charge on any atom is -0.496 e. The van der Waals surface area contributed by atoms with Gasteiger partial charge in [-0.15, -0.1) is 0 Å². The van der Waals surface area contributed by atoms with Crippen LogP contribution in [0.2, 0.25) is 0 Å². The zero-order valence-corrected chi connectivity index (χ0v) is 16.7. The zero-order chi connectivity index (χ0) is 21.0. The van der Waals surface area contributed by atoms with Crippen molar-refractivity contribution < 1.29 is 23.5 Å². The Morgan fingerprint density at radius 2 is 2.00 bits per heavy atom. The number of thioether (sulfide) groups is 1. The molecule has 29 heavy (non-hydrogen) atoms. The van der Waals surface area contributed by atoms with Crippen molar-refractivity contribution in [3.63, 3.8) is 0 Å². The van der Waals surface area contributed by atoms with Gasteiger partial charge in [0.25, 0.3) is 17.1 Å². The summed E-state index contributed by atoms with van der Waals surface area (Å²) in [5.74, 6) is -0.714. The normalized spacial score (nSPS) is 15.1. The molecule has 1 aliphatic rings. The maximum absolute atomic E-state index is 13.8. The number of rotatable bonds is 6. The Kier molecular flexibility index (Phi) is 6.33. The van der Waals surface area contributed by atoms with Crippen LogP contribution in [0.25, 0.3) is 6.08 Å². The minimum absolute atomic E-state index is 0.0218. The van der Waals surface area contributed by atoms with E-state index in [9.17, 15) is 18.8 Å². The molecule has 1 aliphatic heterocycles. The van der Waals surface area contributed by atoms with Crippen LogP contribution in [-0.2, 0) is 4.79 Å². The second-order valence-electron chi connectivity index (χ2n) is 6.30. The van der Waals surface area contributed by atoms with E-state index < -0.39 is 17.0 Å². The molecule has 2 aromatic rings. The van der Waals surface area contributed by atoms with Crippen LogP contribution in [0.4, 0.5) is 9.18 Å². The van der Waals surface area contributed by atoms with Crippen molar-refractivity contribution in [1.29, 1.82) is 0 Å². The van der Waals surface area contributed by atoms with Gasteiger partial charge in [-0.05, 0) is 48.5 Å². The highest BCUT2D eigenvalue weighted by Crippen LogP contribution is 2.32.